The van der Waals surface area contributed by atoms with Gasteiger partial charge in [-0.15, -0.1) is 0 Å². The number of nitrogens with zero attached hydrogens (tertiary/aromatic N) is 1. The van der Waals surface area contributed by atoms with Gasteiger partial charge in [0.1, 0.15) is 0 Å². The average Bonchev–Trinajstić information content (AvgIpc) is 3.11. The first-order valence-electron chi connectivity index (χ1n) is 8.36. The van der Waals surface area contributed by atoms with Crippen LogP contribution in [0.25, 0.3) is 10.8 Å². The predicted molar refractivity (Wildman–Crippen MR) is 99.9 cm³/mol. The Morgan fingerprint density at radius 1 is 1.00 bits per heavy atom. The minimum absolute atomic E-state index is 0.0229. The number of amides is 1. The van der Waals surface area contributed by atoms with Crippen molar-refractivity contribution in [1.82, 2.24) is 9.88 Å². The number of anilines is 1. The molecule has 0 unspecified atom stereocenters. The number of rotatable bonds is 8. The lowest BCUT2D eigenvalue weighted by Crippen LogP contribution is -2.29. The van der Waals surface area contributed by atoms with Gasteiger partial charge in [-0.2, -0.15) is 0 Å². The lowest BCUT2D eigenvalue weighted by molar-refractivity contribution is -0.121. The Kier molecular flexibility index (Phi) is 5.46. The molecule has 2 N–H and O–H groups in total. The van der Waals surface area contributed by atoms with Crippen LogP contribution < -0.4 is 10.6 Å². The Morgan fingerprint density at radius 2 is 1.84 bits per heavy atom. The van der Waals surface area contributed by atoms with Gasteiger partial charge in [0.05, 0.1) is 5.69 Å². The van der Waals surface area contributed by atoms with Crippen molar-refractivity contribution >= 4 is 28.7 Å². The minimum Gasteiger partial charge on any atom is -0.383 e. The number of hydrogen-bond donors (Lipinski definition) is 2. The van der Waals surface area contributed by atoms with E-state index in [1.807, 2.05) is 24.3 Å². The summed E-state index contributed by atoms with van der Waals surface area (Å²) in [5, 5.41) is 8.62. The van der Waals surface area contributed by atoms with Crippen molar-refractivity contribution in [1.29, 1.82) is 0 Å². The summed E-state index contributed by atoms with van der Waals surface area (Å²) in [5.41, 5.74) is 1.65. The first kappa shape index (κ1) is 16.8. The van der Waals surface area contributed by atoms with Crippen LogP contribution >= 0.6 is 0 Å². The smallest absolute Gasteiger partial charge is 0.221 e. The van der Waals surface area contributed by atoms with Gasteiger partial charge in [-0.05, 0) is 23.6 Å². The first-order chi connectivity index (χ1) is 12.3. The van der Waals surface area contributed by atoms with E-state index in [0.29, 0.717) is 31.7 Å². The Bertz CT molecular complexity index is 865. The monoisotopic (exact) mass is 335 g/mol. The van der Waals surface area contributed by atoms with E-state index in [1.54, 1.807) is 22.9 Å². The normalized spacial score (nSPS) is 10.6. The zero-order valence-corrected chi connectivity index (χ0v) is 13.9. The SMILES string of the molecule is O=Cc1cccn1CCC(=O)NCCNc1cccc2ccccc12. The molecule has 5 heteroatoms. The lowest BCUT2D eigenvalue weighted by Gasteiger charge is -2.11. The van der Waals surface area contributed by atoms with Gasteiger partial charge in [0.2, 0.25) is 5.91 Å². The molecule has 5 nitrogen and oxygen atoms in total. The summed E-state index contributed by atoms with van der Waals surface area (Å²) >= 11 is 0. The van der Waals surface area contributed by atoms with Crippen LogP contribution in [0.3, 0.4) is 0 Å². The number of carbonyl (C=O) groups excluding carboxylic acids is 2. The van der Waals surface area contributed by atoms with Crippen molar-refractivity contribution in [3.8, 4) is 0 Å². The van der Waals surface area contributed by atoms with Gasteiger partial charge in [-0.1, -0.05) is 36.4 Å². The topological polar surface area (TPSA) is 63.1 Å². The van der Waals surface area contributed by atoms with E-state index in [1.165, 1.54) is 10.8 Å². The molecule has 0 spiro atoms. The standard InChI is InChI=1S/C20H21N3O2/c24-15-17-7-4-13-23(17)14-10-20(25)22-12-11-21-19-9-3-6-16-5-1-2-8-18(16)19/h1-9,13,15,21H,10-12,14H2,(H,22,25). The second-order valence-electron chi connectivity index (χ2n) is 5.80. The Balaban J connectivity index is 1.43. The fourth-order valence-corrected chi connectivity index (χ4v) is 2.83. The Hall–Kier alpha value is -3.08. The zero-order chi connectivity index (χ0) is 17.5. The number of fused-ring (bicyclic) bond motifs is 1. The van der Waals surface area contributed by atoms with Crippen LogP contribution in [0.15, 0.2) is 60.8 Å². The second-order valence-corrected chi connectivity index (χ2v) is 5.80. The number of benzene rings is 2. The highest BCUT2D eigenvalue weighted by atomic mass is 16.1. The summed E-state index contributed by atoms with van der Waals surface area (Å²) in [6.45, 7) is 1.71. The van der Waals surface area contributed by atoms with Gasteiger partial charge >= 0.3 is 0 Å². The Morgan fingerprint density at radius 3 is 2.72 bits per heavy atom. The average molecular weight is 335 g/mol. The largest absolute Gasteiger partial charge is 0.383 e. The maximum Gasteiger partial charge on any atom is 0.221 e. The van der Waals surface area contributed by atoms with E-state index >= 15 is 0 Å². The van der Waals surface area contributed by atoms with Crippen LogP contribution in [0.4, 0.5) is 5.69 Å². The van der Waals surface area contributed by atoms with Gasteiger partial charge in [-0.3, -0.25) is 9.59 Å². The van der Waals surface area contributed by atoms with Crippen LogP contribution in [-0.4, -0.2) is 29.8 Å². The fourth-order valence-electron chi connectivity index (χ4n) is 2.83. The first-order valence-corrected chi connectivity index (χ1v) is 8.36. The molecule has 1 heterocycles. The van der Waals surface area contributed by atoms with E-state index in [4.69, 9.17) is 0 Å². The number of hydrogen-bond acceptors (Lipinski definition) is 3. The van der Waals surface area contributed by atoms with Crippen LogP contribution in [0.5, 0.6) is 0 Å². The van der Waals surface area contributed by atoms with Crippen molar-refractivity contribution in [3.63, 3.8) is 0 Å². The van der Waals surface area contributed by atoms with Crippen LogP contribution in [0, 0.1) is 0 Å². The highest BCUT2D eigenvalue weighted by Gasteiger charge is 2.04. The summed E-state index contributed by atoms with van der Waals surface area (Å²) in [4.78, 5) is 22.8. The maximum absolute atomic E-state index is 11.9. The molecule has 1 amide bonds. The molecule has 0 aliphatic rings. The quantitative estimate of drug-likeness (QED) is 0.491. The van der Waals surface area contributed by atoms with E-state index in [0.717, 1.165) is 12.0 Å². The minimum atomic E-state index is -0.0229. The fraction of sp³-hybridized carbons (Fsp3) is 0.200. The van der Waals surface area contributed by atoms with Crippen LogP contribution in [0.1, 0.15) is 16.9 Å². The molecule has 0 atom stereocenters. The molecule has 0 aliphatic carbocycles. The van der Waals surface area contributed by atoms with Crippen molar-refractivity contribution in [3.05, 3.63) is 66.5 Å². The lowest BCUT2D eigenvalue weighted by atomic mass is 10.1. The van der Waals surface area contributed by atoms with Gasteiger partial charge in [0.25, 0.3) is 0 Å². The molecule has 3 aromatic rings. The van der Waals surface area contributed by atoms with E-state index in [2.05, 4.69) is 28.8 Å². The molecule has 0 saturated heterocycles. The van der Waals surface area contributed by atoms with Crippen LogP contribution in [0.2, 0.25) is 0 Å². The number of aryl methyl sites for hydroxylation is 1. The van der Waals surface area contributed by atoms with Gasteiger partial charge in [-0.25, -0.2) is 0 Å². The second kappa shape index (κ2) is 8.15. The number of aldehydes is 1. The summed E-state index contributed by atoms with van der Waals surface area (Å²) in [5.74, 6) is -0.0229. The molecule has 0 saturated carbocycles. The number of carbonyl (C=O) groups is 2. The number of aromatic nitrogens is 1. The van der Waals surface area contributed by atoms with Crippen molar-refractivity contribution < 1.29 is 9.59 Å². The molecule has 1 aromatic heterocycles. The molecular formula is C20H21N3O2. The molecule has 0 fully saturated rings. The highest BCUT2D eigenvalue weighted by molar-refractivity contribution is 5.93. The molecule has 0 radical (unpaired) electrons. The zero-order valence-electron chi connectivity index (χ0n) is 13.9. The molecule has 25 heavy (non-hydrogen) atoms. The summed E-state index contributed by atoms with van der Waals surface area (Å²) in [6.07, 6.45) is 2.95. The summed E-state index contributed by atoms with van der Waals surface area (Å²) < 4.78 is 1.78. The number of nitrogens with one attached hydrogen (secondary N) is 2. The van der Waals surface area contributed by atoms with Gasteiger partial charge in [0.15, 0.2) is 6.29 Å². The predicted octanol–water partition coefficient (Wildman–Crippen LogP) is 3.07. The molecular weight excluding hydrogens is 314 g/mol. The summed E-state index contributed by atoms with van der Waals surface area (Å²) in [7, 11) is 0. The van der Waals surface area contributed by atoms with Crippen molar-refractivity contribution in [2.24, 2.45) is 0 Å². The van der Waals surface area contributed by atoms with Crippen LogP contribution in [-0.2, 0) is 11.3 Å². The molecule has 2 aromatic carbocycles. The third-order valence-electron chi connectivity index (χ3n) is 4.12. The molecule has 128 valence electrons. The third-order valence-corrected chi connectivity index (χ3v) is 4.12. The summed E-state index contributed by atoms with van der Waals surface area (Å²) in [6, 6.07) is 17.9. The van der Waals surface area contributed by atoms with Crippen molar-refractivity contribution in [2.75, 3.05) is 18.4 Å². The van der Waals surface area contributed by atoms with Gasteiger partial charge in [0, 0.05) is 43.3 Å². The molecule has 0 bridgehead atoms. The van der Waals surface area contributed by atoms with E-state index < -0.39 is 0 Å². The van der Waals surface area contributed by atoms with Crippen molar-refractivity contribution in [2.45, 2.75) is 13.0 Å². The molecule has 0 aliphatic heterocycles. The van der Waals surface area contributed by atoms with E-state index in [9.17, 15) is 9.59 Å². The third kappa shape index (κ3) is 4.26. The highest BCUT2D eigenvalue weighted by Crippen LogP contribution is 2.22. The molecule has 3 rings (SSSR count). The van der Waals surface area contributed by atoms with Gasteiger partial charge < -0.3 is 15.2 Å². The van der Waals surface area contributed by atoms with E-state index in [-0.39, 0.29) is 5.91 Å². The Labute approximate surface area is 146 Å². The maximum atomic E-state index is 11.9.